The van der Waals surface area contributed by atoms with Gasteiger partial charge in [-0.2, -0.15) is 5.10 Å². The molecule has 3 aromatic rings. The topological polar surface area (TPSA) is 119 Å². The highest BCUT2D eigenvalue weighted by Gasteiger charge is 2.32. The molecule has 1 saturated heterocycles. The molecule has 33 heavy (non-hydrogen) atoms. The van der Waals surface area contributed by atoms with Crippen LogP contribution in [0.2, 0.25) is 0 Å². The number of ether oxygens (including phenoxy) is 1. The lowest BCUT2D eigenvalue weighted by atomic mass is 10.1. The first kappa shape index (κ1) is 22.5. The monoisotopic (exact) mass is 468 g/mol. The van der Waals surface area contributed by atoms with Crippen LogP contribution in [0.15, 0.2) is 54.6 Å². The zero-order valence-corrected chi connectivity index (χ0v) is 19.1. The maximum Gasteiger partial charge on any atom is 0.276 e. The molecule has 0 unspecified atom stereocenters. The van der Waals surface area contributed by atoms with Gasteiger partial charge in [-0.1, -0.05) is 6.07 Å². The van der Waals surface area contributed by atoms with Gasteiger partial charge in [0.25, 0.3) is 5.91 Å². The standard InChI is InChI=1S/C23H24N4O5S/c1-15(28)24-17-4-3-5-18(12-17)25-23(29)21-13-22(16-6-8-20(32-2)9-7-16)27(26-21)19-10-11-33(30,31)14-19/h3-9,12-13,19H,10-11,14H2,1-2H3,(H,24,28)(H,25,29)/t19-/m0/s1. The van der Waals surface area contributed by atoms with Gasteiger partial charge in [-0.15, -0.1) is 0 Å². The summed E-state index contributed by atoms with van der Waals surface area (Å²) in [6.45, 7) is 1.40. The highest BCUT2D eigenvalue weighted by molar-refractivity contribution is 7.91. The molecule has 9 nitrogen and oxygen atoms in total. The SMILES string of the molecule is COc1ccc(-c2cc(C(=O)Nc3cccc(NC(C)=O)c3)nn2[C@H]2CCS(=O)(=O)C2)cc1. The summed E-state index contributed by atoms with van der Waals surface area (Å²) in [6.07, 6.45) is 0.437. The molecule has 0 saturated carbocycles. The van der Waals surface area contributed by atoms with Crippen molar-refractivity contribution in [2.75, 3.05) is 29.2 Å². The third-order valence-electron chi connectivity index (χ3n) is 5.35. The first-order valence-electron chi connectivity index (χ1n) is 10.4. The van der Waals surface area contributed by atoms with E-state index in [1.165, 1.54) is 6.92 Å². The van der Waals surface area contributed by atoms with E-state index in [2.05, 4.69) is 15.7 Å². The predicted octanol–water partition coefficient (Wildman–Crippen LogP) is 3.13. The smallest absolute Gasteiger partial charge is 0.276 e. The molecule has 10 heteroatoms. The van der Waals surface area contributed by atoms with E-state index in [-0.39, 0.29) is 29.1 Å². The van der Waals surface area contributed by atoms with Crippen LogP contribution in [0, 0.1) is 0 Å². The zero-order valence-electron chi connectivity index (χ0n) is 18.2. The van der Waals surface area contributed by atoms with Crippen molar-refractivity contribution in [1.82, 2.24) is 9.78 Å². The molecule has 1 aliphatic heterocycles. The Morgan fingerprint density at radius 3 is 2.36 bits per heavy atom. The summed E-state index contributed by atoms with van der Waals surface area (Å²) < 4.78 is 31.0. The Balaban J connectivity index is 1.65. The van der Waals surface area contributed by atoms with Crippen LogP contribution in [0.4, 0.5) is 11.4 Å². The molecule has 2 N–H and O–H groups in total. The van der Waals surface area contributed by atoms with Gasteiger partial charge in [-0.25, -0.2) is 8.42 Å². The summed E-state index contributed by atoms with van der Waals surface area (Å²) in [5.41, 5.74) is 2.66. The minimum absolute atomic E-state index is 0.0162. The molecule has 172 valence electrons. The van der Waals surface area contributed by atoms with Crippen molar-refractivity contribution in [3.8, 4) is 17.0 Å². The van der Waals surface area contributed by atoms with Gasteiger partial charge in [-0.3, -0.25) is 14.3 Å². The van der Waals surface area contributed by atoms with Gasteiger partial charge in [-0.05, 0) is 55.0 Å². The van der Waals surface area contributed by atoms with Crippen molar-refractivity contribution >= 4 is 33.0 Å². The summed E-state index contributed by atoms with van der Waals surface area (Å²) in [5, 5.41) is 9.94. The number of hydrogen-bond donors (Lipinski definition) is 2. The number of benzene rings is 2. The van der Waals surface area contributed by atoms with Crippen LogP contribution in [0.25, 0.3) is 11.3 Å². The third kappa shape index (κ3) is 5.23. The Kier molecular flexibility index (Phi) is 6.19. The minimum atomic E-state index is -3.14. The van der Waals surface area contributed by atoms with Gasteiger partial charge in [0.05, 0.1) is 30.4 Å². The van der Waals surface area contributed by atoms with Gasteiger partial charge >= 0.3 is 0 Å². The number of aromatic nitrogens is 2. The predicted molar refractivity (Wildman–Crippen MR) is 125 cm³/mol. The van der Waals surface area contributed by atoms with Crippen LogP contribution < -0.4 is 15.4 Å². The highest BCUT2D eigenvalue weighted by Crippen LogP contribution is 2.31. The number of amides is 2. The summed E-state index contributed by atoms with van der Waals surface area (Å²) in [6, 6.07) is 15.4. The van der Waals surface area contributed by atoms with Crippen LogP contribution in [0.5, 0.6) is 5.75 Å². The van der Waals surface area contributed by atoms with E-state index in [1.807, 2.05) is 12.1 Å². The van der Waals surface area contributed by atoms with E-state index < -0.39 is 15.7 Å². The first-order chi connectivity index (χ1) is 15.7. The second kappa shape index (κ2) is 9.07. The number of rotatable bonds is 6. The Hall–Kier alpha value is -3.66. The third-order valence-corrected chi connectivity index (χ3v) is 7.10. The maximum absolute atomic E-state index is 13.0. The van der Waals surface area contributed by atoms with Gasteiger partial charge in [0.15, 0.2) is 15.5 Å². The summed E-state index contributed by atoms with van der Waals surface area (Å²) in [7, 11) is -1.57. The number of carbonyl (C=O) groups excluding carboxylic acids is 2. The molecule has 2 amide bonds. The van der Waals surface area contributed by atoms with Gasteiger partial charge in [0.1, 0.15) is 5.75 Å². The minimum Gasteiger partial charge on any atom is -0.497 e. The fourth-order valence-corrected chi connectivity index (χ4v) is 5.49. The second-order valence-corrected chi connectivity index (χ2v) is 10.1. The van der Waals surface area contributed by atoms with Gasteiger partial charge in [0.2, 0.25) is 5.91 Å². The van der Waals surface area contributed by atoms with Crippen molar-refractivity contribution in [3.05, 3.63) is 60.3 Å². The molecule has 2 heterocycles. The van der Waals surface area contributed by atoms with E-state index in [9.17, 15) is 18.0 Å². The van der Waals surface area contributed by atoms with Crippen LogP contribution in [-0.2, 0) is 14.6 Å². The van der Waals surface area contributed by atoms with E-state index in [1.54, 1.807) is 54.3 Å². The Morgan fingerprint density at radius 1 is 1.06 bits per heavy atom. The number of methoxy groups -OCH3 is 1. The molecule has 1 aliphatic rings. The lowest BCUT2D eigenvalue weighted by Crippen LogP contribution is -2.16. The summed E-state index contributed by atoms with van der Waals surface area (Å²) >= 11 is 0. The number of nitrogens with one attached hydrogen (secondary N) is 2. The van der Waals surface area contributed by atoms with Crippen LogP contribution >= 0.6 is 0 Å². The van der Waals surface area contributed by atoms with Crippen LogP contribution in [0.1, 0.15) is 29.9 Å². The lowest BCUT2D eigenvalue weighted by Gasteiger charge is -2.13. The average Bonchev–Trinajstić information content (AvgIpc) is 3.37. The molecule has 1 atom stereocenters. The van der Waals surface area contributed by atoms with E-state index in [0.717, 1.165) is 5.56 Å². The molecular weight excluding hydrogens is 444 g/mol. The molecule has 0 radical (unpaired) electrons. The first-order valence-corrected chi connectivity index (χ1v) is 12.2. The van der Waals surface area contributed by atoms with Crippen molar-refractivity contribution < 1.29 is 22.7 Å². The van der Waals surface area contributed by atoms with Crippen LogP contribution in [-0.4, -0.2) is 48.6 Å². The molecule has 2 aromatic carbocycles. The lowest BCUT2D eigenvalue weighted by molar-refractivity contribution is -0.114. The fraction of sp³-hybridized carbons (Fsp3) is 0.261. The average molecular weight is 469 g/mol. The van der Waals surface area contributed by atoms with Crippen molar-refractivity contribution in [2.45, 2.75) is 19.4 Å². The Morgan fingerprint density at radius 2 is 1.76 bits per heavy atom. The molecule has 0 bridgehead atoms. The summed E-state index contributed by atoms with van der Waals surface area (Å²) in [5.74, 6) is 0.108. The quantitative estimate of drug-likeness (QED) is 0.574. The maximum atomic E-state index is 13.0. The van der Waals surface area contributed by atoms with Crippen molar-refractivity contribution in [2.24, 2.45) is 0 Å². The van der Waals surface area contributed by atoms with Crippen molar-refractivity contribution in [1.29, 1.82) is 0 Å². The van der Waals surface area contributed by atoms with Crippen LogP contribution in [0.3, 0.4) is 0 Å². The number of nitrogens with zero attached hydrogens (tertiary/aromatic N) is 2. The number of anilines is 2. The molecule has 1 aromatic heterocycles. The van der Waals surface area contributed by atoms with Gasteiger partial charge in [0, 0.05) is 23.9 Å². The molecule has 4 rings (SSSR count). The Bertz CT molecular complexity index is 1300. The number of carbonyl (C=O) groups is 2. The second-order valence-electron chi connectivity index (χ2n) is 7.86. The molecular formula is C23H24N4O5S. The zero-order chi connectivity index (χ0) is 23.6. The molecule has 0 aliphatic carbocycles. The highest BCUT2D eigenvalue weighted by atomic mass is 32.2. The fourth-order valence-electron chi connectivity index (χ4n) is 3.80. The molecule has 1 fully saturated rings. The normalized spacial score (nSPS) is 16.8. The largest absolute Gasteiger partial charge is 0.497 e. The van der Waals surface area contributed by atoms with E-state index >= 15 is 0 Å². The van der Waals surface area contributed by atoms with Crippen molar-refractivity contribution in [3.63, 3.8) is 0 Å². The van der Waals surface area contributed by atoms with E-state index in [0.29, 0.717) is 29.2 Å². The summed E-state index contributed by atoms with van der Waals surface area (Å²) in [4.78, 5) is 24.3. The Labute approximate surface area is 191 Å². The molecule has 0 spiro atoms. The number of hydrogen-bond acceptors (Lipinski definition) is 6. The number of sulfone groups is 1. The van der Waals surface area contributed by atoms with E-state index in [4.69, 9.17) is 4.74 Å². The van der Waals surface area contributed by atoms with Gasteiger partial charge < -0.3 is 15.4 Å².